The van der Waals surface area contributed by atoms with Gasteiger partial charge in [0.25, 0.3) is 0 Å². The Kier molecular flexibility index (Phi) is 6.88. The molecule has 34 heavy (non-hydrogen) atoms. The highest BCUT2D eigenvalue weighted by Crippen LogP contribution is 2.44. The summed E-state index contributed by atoms with van der Waals surface area (Å²) in [6.45, 7) is 1.79. The van der Waals surface area contributed by atoms with Gasteiger partial charge in [-0.25, -0.2) is 4.79 Å². The molecular formula is C26H30N2O6. The molecule has 180 valence electrons. The number of methoxy groups -OCH3 is 1. The predicted octanol–water partition coefficient (Wildman–Crippen LogP) is 3.30. The zero-order valence-corrected chi connectivity index (χ0v) is 19.4. The molecule has 2 atom stereocenters. The number of carboxylic acid groups (broad SMARTS) is 1. The fourth-order valence-corrected chi connectivity index (χ4v) is 4.83. The number of fused-ring (bicyclic) bond motifs is 3. The second-order valence-corrected chi connectivity index (χ2v) is 9.23. The molecular weight excluding hydrogens is 436 g/mol. The highest BCUT2D eigenvalue weighted by molar-refractivity contribution is 5.87. The number of carbonyl (C=O) groups excluding carboxylic acids is 2. The molecule has 0 aliphatic heterocycles. The largest absolute Gasteiger partial charge is 0.481 e. The van der Waals surface area contributed by atoms with Crippen molar-refractivity contribution in [2.75, 3.05) is 20.3 Å². The van der Waals surface area contributed by atoms with E-state index >= 15 is 0 Å². The molecule has 3 N–H and O–H groups in total. The van der Waals surface area contributed by atoms with Crippen molar-refractivity contribution in [3.05, 3.63) is 59.7 Å². The van der Waals surface area contributed by atoms with E-state index in [0.29, 0.717) is 0 Å². The van der Waals surface area contributed by atoms with Gasteiger partial charge in [-0.1, -0.05) is 48.5 Å². The van der Waals surface area contributed by atoms with Crippen LogP contribution < -0.4 is 10.6 Å². The third kappa shape index (κ3) is 5.07. The van der Waals surface area contributed by atoms with Gasteiger partial charge in [0, 0.05) is 13.0 Å². The van der Waals surface area contributed by atoms with Gasteiger partial charge in [-0.15, -0.1) is 0 Å². The minimum atomic E-state index is -1.01. The van der Waals surface area contributed by atoms with E-state index in [1.807, 2.05) is 36.4 Å². The molecule has 0 spiro atoms. The van der Waals surface area contributed by atoms with E-state index < -0.39 is 29.6 Å². The number of nitrogens with one attached hydrogen (secondary N) is 2. The average molecular weight is 467 g/mol. The Hall–Kier alpha value is -3.39. The van der Waals surface area contributed by atoms with Crippen LogP contribution in [0.15, 0.2) is 48.5 Å². The fourth-order valence-electron chi connectivity index (χ4n) is 4.83. The smallest absolute Gasteiger partial charge is 0.407 e. The summed E-state index contributed by atoms with van der Waals surface area (Å²) >= 11 is 0. The van der Waals surface area contributed by atoms with Crippen LogP contribution in [0.2, 0.25) is 0 Å². The van der Waals surface area contributed by atoms with Crippen molar-refractivity contribution in [1.29, 1.82) is 0 Å². The minimum Gasteiger partial charge on any atom is -0.481 e. The summed E-state index contributed by atoms with van der Waals surface area (Å²) in [5.74, 6) is -1.47. The zero-order valence-electron chi connectivity index (χ0n) is 19.4. The van der Waals surface area contributed by atoms with Crippen molar-refractivity contribution < 1.29 is 29.0 Å². The number of alkyl carbamates (subject to hydrolysis) is 1. The van der Waals surface area contributed by atoms with Gasteiger partial charge < -0.3 is 25.2 Å². The fraction of sp³-hybridized carbons (Fsp3) is 0.423. The third-order valence-electron chi connectivity index (χ3n) is 6.69. The Balaban J connectivity index is 1.40. The molecule has 1 saturated carbocycles. The predicted molar refractivity (Wildman–Crippen MR) is 125 cm³/mol. The number of hydrogen-bond acceptors (Lipinski definition) is 5. The van der Waals surface area contributed by atoms with E-state index in [-0.39, 0.29) is 31.5 Å². The Bertz CT molecular complexity index is 1040. The molecule has 2 unspecified atom stereocenters. The number of carboxylic acids is 1. The van der Waals surface area contributed by atoms with Crippen molar-refractivity contribution in [3.8, 4) is 11.1 Å². The number of hydrogen-bond donors (Lipinski definition) is 3. The number of carbonyl (C=O) groups is 3. The molecule has 0 heterocycles. The van der Waals surface area contributed by atoms with Crippen molar-refractivity contribution >= 4 is 18.0 Å². The maximum atomic E-state index is 12.9. The molecule has 2 aliphatic rings. The molecule has 2 aliphatic carbocycles. The number of ether oxygens (including phenoxy) is 2. The number of amides is 2. The van der Waals surface area contributed by atoms with E-state index in [1.165, 1.54) is 7.11 Å². The monoisotopic (exact) mass is 466 g/mol. The van der Waals surface area contributed by atoms with Crippen molar-refractivity contribution in [2.45, 2.75) is 43.7 Å². The quantitative estimate of drug-likeness (QED) is 0.495. The summed E-state index contributed by atoms with van der Waals surface area (Å²) in [6.07, 6.45) is 0.802. The molecule has 4 rings (SSSR count). The highest BCUT2D eigenvalue weighted by atomic mass is 16.5. The van der Waals surface area contributed by atoms with Crippen LogP contribution in [0.1, 0.15) is 43.2 Å². The Morgan fingerprint density at radius 1 is 1.06 bits per heavy atom. The summed E-state index contributed by atoms with van der Waals surface area (Å²) in [7, 11) is 1.43. The lowest BCUT2D eigenvalue weighted by Gasteiger charge is -2.31. The Labute approximate surface area is 198 Å². The van der Waals surface area contributed by atoms with Gasteiger partial charge in [-0.2, -0.15) is 0 Å². The van der Waals surface area contributed by atoms with Crippen LogP contribution >= 0.6 is 0 Å². The molecule has 0 saturated heterocycles. The third-order valence-corrected chi connectivity index (χ3v) is 6.69. The topological polar surface area (TPSA) is 114 Å². The summed E-state index contributed by atoms with van der Waals surface area (Å²) < 4.78 is 10.7. The van der Waals surface area contributed by atoms with E-state index in [4.69, 9.17) is 9.47 Å². The lowest BCUT2D eigenvalue weighted by atomic mass is 9.91. The molecule has 2 aromatic rings. The van der Waals surface area contributed by atoms with Gasteiger partial charge in [0.15, 0.2) is 0 Å². The molecule has 0 bridgehead atoms. The van der Waals surface area contributed by atoms with Crippen LogP contribution in [-0.4, -0.2) is 55.0 Å². The van der Waals surface area contributed by atoms with E-state index in [1.54, 1.807) is 6.92 Å². The minimum absolute atomic E-state index is 0.0656. The molecule has 2 aromatic carbocycles. The molecule has 0 aromatic heterocycles. The van der Waals surface area contributed by atoms with Crippen LogP contribution in [0.4, 0.5) is 4.79 Å². The average Bonchev–Trinajstić information content (AvgIpc) is 3.61. The highest BCUT2D eigenvalue weighted by Gasteiger charge is 2.45. The molecule has 8 heteroatoms. The summed E-state index contributed by atoms with van der Waals surface area (Å²) in [5, 5.41) is 14.7. The van der Waals surface area contributed by atoms with Gasteiger partial charge in [-0.05, 0) is 47.9 Å². The van der Waals surface area contributed by atoms with Crippen LogP contribution in [-0.2, 0) is 19.1 Å². The Morgan fingerprint density at radius 2 is 1.65 bits per heavy atom. The van der Waals surface area contributed by atoms with E-state index in [0.717, 1.165) is 35.1 Å². The van der Waals surface area contributed by atoms with Crippen molar-refractivity contribution in [3.63, 3.8) is 0 Å². The van der Waals surface area contributed by atoms with E-state index in [9.17, 15) is 19.5 Å². The maximum absolute atomic E-state index is 12.9. The number of rotatable bonds is 10. The first-order valence-electron chi connectivity index (χ1n) is 11.5. The first-order chi connectivity index (χ1) is 16.3. The molecule has 2 amide bonds. The van der Waals surface area contributed by atoms with Gasteiger partial charge in [0.05, 0.1) is 18.6 Å². The van der Waals surface area contributed by atoms with Crippen molar-refractivity contribution in [2.24, 2.45) is 5.92 Å². The molecule has 1 fully saturated rings. The maximum Gasteiger partial charge on any atom is 0.407 e. The van der Waals surface area contributed by atoms with E-state index in [2.05, 4.69) is 22.8 Å². The van der Waals surface area contributed by atoms with Gasteiger partial charge in [-0.3, -0.25) is 9.59 Å². The summed E-state index contributed by atoms with van der Waals surface area (Å²) in [6, 6.07) is 15.1. The normalized spacial score (nSPS) is 17.1. The number of aliphatic carboxylic acids is 1. The standard InChI is InChI=1S/C26H30N2O6/c1-26(13-23(29)30,16-11-12-16)28-24(31)22(15-33-2)27-25(32)34-14-21-19-9-5-3-7-17(19)18-8-4-6-10-20(18)21/h3-10,16,21-22H,11-15H2,1-2H3,(H,27,32)(H,28,31)(H,29,30). The van der Waals surface area contributed by atoms with Crippen LogP contribution in [0, 0.1) is 5.92 Å². The van der Waals surface area contributed by atoms with Crippen LogP contribution in [0.5, 0.6) is 0 Å². The summed E-state index contributed by atoms with van der Waals surface area (Å²) in [4.78, 5) is 36.9. The SMILES string of the molecule is COCC(NC(=O)OCC1c2ccccc2-c2ccccc21)C(=O)NC(C)(CC(=O)O)C1CC1. The van der Waals surface area contributed by atoms with Crippen LogP contribution in [0.25, 0.3) is 11.1 Å². The molecule has 0 radical (unpaired) electrons. The second kappa shape index (κ2) is 9.85. The number of benzene rings is 2. The van der Waals surface area contributed by atoms with Gasteiger partial charge in [0.1, 0.15) is 12.6 Å². The molecule has 8 nitrogen and oxygen atoms in total. The second-order valence-electron chi connectivity index (χ2n) is 9.23. The first-order valence-corrected chi connectivity index (χ1v) is 11.5. The lowest BCUT2D eigenvalue weighted by Crippen LogP contribution is -2.57. The summed E-state index contributed by atoms with van der Waals surface area (Å²) in [5.41, 5.74) is 3.56. The zero-order chi connectivity index (χ0) is 24.3. The first kappa shape index (κ1) is 23.8. The Morgan fingerprint density at radius 3 is 2.18 bits per heavy atom. The van der Waals surface area contributed by atoms with Crippen molar-refractivity contribution in [1.82, 2.24) is 10.6 Å². The van der Waals surface area contributed by atoms with Gasteiger partial charge >= 0.3 is 12.1 Å². The lowest BCUT2D eigenvalue weighted by molar-refractivity contribution is -0.139. The van der Waals surface area contributed by atoms with Gasteiger partial charge in [0.2, 0.25) is 5.91 Å². The van der Waals surface area contributed by atoms with Crippen LogP contribution in [0.3, 0.4) is 0 Å².